The molecule has 0 spiro atoms. The van der Waals surface area contributed by atoms with Crippen molar-refractivity contribution in [3.63, 3.8) is 0 Å². The van der Waals surface area contributed by atoms with Gasteiger partial charge in [0.2, 0.25) is 11.6 Å². The fourth-order valence-electron chi connectivity index (χ4n) is 2.67. The number of para-hydroxylation sites is 1. The highest BCUT2D eigenvalue weighted by molar-refractivity contribution is 6.30. The molecule has 0 amide bonds. The molecular formula is C17H12ClN7O2. The van der Waals surface area contributed by atoms with E-state index in [4.69, 9.17) is 11.6 Å². The molecule has 0 aliphatic rings. The van der Waals surface area contributed by atoms with Gasteiger partial charge in [-0.2, -0.15) is 4.68 Å². The summed E-state index contributed by atoms with van der Waals surface area (Å²) in [5.74, 6) is 0.0563. The number of benzene rings is 2. The number of nitrogens with zero attached hydrogens (tertiary/aromatic N) is 6. The van der Waals surface area contributed by atoms with Crippen LogP contribution in [0.3, 0.4) is 0 Å². The summed E-state index contributed by atoms with van der Waals surface area (Å²) in [6.45, 7) is 1.86. The second kappa shape index (κ2) is 6.61. The van der Waals surface area contributed by atoms with E-state index in [9.17, 15) is 10.1 Å². The third-order valence-electron chi connectivity index (χ3n) is 3.99. The zero-order valence-corrected chi connectivity index (χ0v) is 14.8. The van der Waals surface area contributed by atoms with E-state index < -0.39 is 4.92 Å². The molecule has 10 heteroatoms. The van der Waals surface area contributed by atoms with Gasteiger partial charge in [0.25, 0.3) is 0 Å². The highest BCUT2D eigenvalue weighted by Gasteiger charge is 2.26. The van der Waals surface area contributed by atoms with Gasteiger partial charge in [-0.1, -0.05) is 35.0 Å². The van der Waals surface area contributed by atoms with Crippen LogP contribution < -0.4 is 5.32 Å². The maximum Gasteiger partial charge on any atom is 0.356 e. The Morgan fingerprint density at radius 2 is 2.00 bits per heavy atom. The number of nitrogens with one attached hydrogen (secondary N) is 1. The van der Waals surface area contributed by atoms with Gasteiger partial charge in [0, 0.05) is 10.7 Å². The lowest BCUT2D eigenvalue weighted by Crippen LogP contribution is -2.09. The Labute approximate surface area is 157 Å². The van der Waals surface area contributed by atoms with E-state index in [1.165, 1.54) is 11.0 Å². The summed E-state index contributed by atoms with van der Waals surface area (Å²) >= 11 is 6.03. The van der Waals surface area contributed by atoms with Gasteiger partial charge in [0.05, 0.1) is 10.4 Å². The molecule has 4 rings (SSSR count). The van der Waals surface area contributed by atoms with E-state index in [0.29, 0.717) is 21.7 Å². The summed E-state index contributed by atoms with van der Waals surface area (Å²) in [5, 5.41) is 23.3. The molecule has 9 nitrogen and oxygen atoms in total. The SMILES string of the molecule is Cc1ccc(Cl)cc1Nc1ncnc(-n2nnc3ccccc32)c1[N+](=O)[O-]. The van der Waals surface area contributed by atoms with Gasteiger partial charge in [-0.25, -0.2) is 9.97 Å². The number of halogens is 1. The first-order valence-corrected chi connectivity index (χ1v) is 8.26. The van der Waals surface area contributed by atoms with Gasteiger partial charge >= 0.3 is 5.69 Å². The average Bonchev–Trinajstić information content (AvgIpc) is 3.08. The van der Waals surface area contributed by atoms with Crippen molar-refractivity contribution in [1.82, 2.24) is 25.0 Å². The summed E-state index contributed by atoms with van der Waals surface area (Å²) in [4.78, 5) is 19.4. The predicted molar refractivity (Wildman–Crippen MR) is 101 cm³/mol. The third-order valence-corrected chi connectivity index (χ3v) is 4.23. The van der Waals surface area contributed by atoms with Crippen molar-refractivity contribution in [2.45, 2.75) is 6.92 Å². The maximum atomic E-state index is 11.8. The standard InChI is InChI=1S/C17H12ClN7O2/c1-10-6-7-11(18)8-13(10)21-16-15(25(26)27)17(20-9-19-16)24-14-5-3-2-4-12(14)22-23-24/h2-9H,1H3,(H,19,20,21). The lowest BCUT2D eigenvalue weighted by atomic mass is 10.2. The monoisotopic (exact) mass is 381 g/mol. The minimum absolute atomic E-state index is 0.0193. The molecule has 0 atom stereocenters. The first-order chi connectivity index (χ1) is 13.0. The molecule has 1 N–H and O–H groups in total. The molecule has 0 bridgehead atoms. The van der Waals surface area contributed by atoms with Crippen LogP contribution in [0.15, 0.2) is 48.8 Å². The minimum Gasteiger partial charge on any atom is -0.334 e. The first-order valence-electron chi connectivity index (χ1n) is 7.88. The molecule has 0 unspecified atom stereocenters. The minimum atomic E-state index is -0.548. The second-order valence-corrected chi connectivity index (χ2v) is 6.16. The number of fused-ring (bicyclic) bond motifs is 1. The molecule has 0 fully saturated rings. The number of rotatable bonds is 4. The van der Waals surface area contributed by atoms with Crippen molar-refractivity contribution in [1.29, 1.82) is 0 Å². The van der Waals surface area contributed by atoms with Gasteiger partial charge < -0.3 is 5.32 Å². The molecule has 4 aromatic rings. The summed E-state index contributed by atoms with van der Waals surface area (Å²) in [5.41, 5.74) is 2.36. The third kappa shape index (κ3) is 3.04. The lowest BCUT2D eigenvalue weighted by molar-refractivity contribution is -0.384. The molecule has 2 heterocycles. The topological polar surface area (TPSA) is 112 Å². The maximum absolute atomic E-state index is 11.8. The predicted octanol–water partition coefficient (Wildman–Crippen LogP) is 3.82. The molecule has 0 saturated carbocycles. The molecule has 0 radical (unpaired) electrons. The highest BCUT2D eigenvalue weighted by atomic mass is 35.5. The largest absolute Gasteiger partial charge is 0.356 e. The van der Waals surface area contributed by atoms with Crippen LogP contribution in [0, 0.1) is 17.0 Å². The summed E-state index contributed by atoms with van der Waals surface area (Å²) in [6.07, 6.45) is 1.24. The van der Waals surface area contributed by atoms with Gasteiger partial charge in [-0.15, -0.1) is 5.10 Å². The quantitative estimate of drug-likeness (QED) is 0.422. The fourth-order valence-corrected chi connectivity index (χ4v) is 2.84. The molecule has 0 saturated heterocycles. The van der Waals surface area contributed by atoms with Crippen LogP contribution in [0.5, 0.6) is 0 Å². The number of hydrogen-bond acceptors (Lipinski definition) is 7. The van der Waals surface area contributed by atoms with Crippen LogP contribution in [-0.2, 0) is 0 Å². The van der Waals surface area contributed by atoms with Crippen LogP contribution in [0.1, 0.15) is 5.56 Å². The smallest absolute Gasteiger partial charge is 0.334 e. The number of aryl methyl sites for hydroxylation is 1. The Morgan fingerprint density at radius 3 is 2.81 bits per heavy atom. The summed E-state index contributed by atoms with van der Waals surface area (Å²) in [6, 6.07) is 12.4. The van der Waals surface area contributed by atoms with Crippen molar-refractivity contribution in [2.75, 3.05) is 5.32 Å². The summed E-state index contributed by atoms with van der Waals surface area (Å²) < 4.78 is 1.32. The first kappa shape index (κ1) is 16.9. The zero-order valence-electron chi connectivity index (χ0n) is 14.0. The number of anilines is 2. The highest BCUT2D eigenvalue weighted by Crippen LogP contribution is 2.32. The number of hydrogen-bond donors (Lipinski definition) is 1. The van der Waals surface area contributed by atoms with Crippen LogP contribution >= 0.6 is 11.6 Å². The van der Waals surface area contributed by atoms with Crippen LogP contribution in [0.4, 0.5) is 17.2 Å². The van der Waals surface area contributed by atoms with E-state index >= 15 is 0 Å². The Hall–Kier alpha value is -3.59. The number of nitro groups is 1. The molecule has 2 aromatic carbocycles. The lowest BCUT2D eigenvalue weighted by Gasteiger charge is -2.11. The second-order valence-electron chi connectivity index (χ2n) is 5.73. The van der Waals surface area contributed by atoms with Gasteiger partial charge in [0.15, 0.2) is 0 Å². The van der Waals surface area contributed by atoms with E-state index in [1.54, 1.807) is 30.3 Å². The average molecular weight is 382 g/mol. The van der Waals surface area contributed by atoms with Crippen molar-refractivity contribution in [3.8, 4) is 5.82 Å². The van der Waals surface area contributed by atoms with E-state index in [-0.39, 0.29) is 17.3 Å². The number of aromatic nitrogens is 5. The van der Waals surface area contributed by atoms with Crippen LogP contribution in [-0.4, -0.2) is 29.9 Å². The molecular weight excluding hydrogens is 370 g/mol. The van der Waals surface area contributed by atoms with Crippen LogP contribution in [0.2, 0.25) is 5.02 Å². The molecule has 134 valence electrons. The van der Waals surface area contributed by atoms with Crippen molar-refractivity contribution in [3.05, 3.63) is 69.5 Å². The Kier molecular flexibility index (Phi) is 4.13. The van der Waals surface area contributed by atoms with Gasteiger partial charge in [-0.05, 0) is 36.8 Å². The van der Waals surface area contributed by atoms with Crippen LogP contribution in [0.25, 0.3) is 16.9 Å². The summed E-state index contributed by atoms with van der Waals surface area (Å²) in [7, 11) is 0. The molecule has 2 aromatic heterocycles. The molecule has 27 heavy (non-hydrogen) atoms. The zero-order chi connectivity index (χ0) is 19.0. The Morgan fingerprint density at radius 1 is 1.19 bits per heavy atom. The van der Waals surface area contributed by atoms with E-state index in [2.05, 4.69) is 25.6 Å². The van der Waals surface area contributed by atoms with Crippen molar-refractivity contribution in [2.24, 2.45) is 0 Å². The van der Waals surface area contributed by atoms with Gasteiger partial charge in [0.1, 0.15) is 11.8 Å². The normalized spacial score (nSPS) is 10.9. The Bertz CT molecular complexity index is 1180. The fraction of sp³-hybridized carbons (Fsp3) is 0.0588. The van der Waals surface area contributed by atoms with E-state index in [0.717, 1.165) is 5.56 Å². The Balaban J connectivity index is 1.88. The molecule has 0 aliphatic carbocycles. The van der Waals surface area contributed by atoms with E-state index in [1.807, 2.05) is 19.1 Å². The molecule has 0 aliphatic heterocycles. The van der Waals surface area contributed by atoms with Crippen molar-refractivity contribution >= 4 is 39.8 Å². The van der Waals surface area contributed by atoms with Gasteiger partial charge in [-0.3, -0.25) is 10.1 Å². The van der Waals surface area contributed by atoms with Crippen molar-refractivity contribution < 1.29 is 4.92 Å².